The van der Waals surface area contributed by atoms with E-state index in [1.54, 1.807) is 6.08 Å². The van der Waals surface area contributed by atoms with E-state index in [4.69, 9.17) is 28.4 Å². The zero-order valence-corrected chi connectivity index (χ0v) is 64.4. The van der Waals surface area contributed by atoms with E-state index in [1.807, 2.05) is 6.08 Å². The molecule has 1 amide bonds. The van der Waals surface area contributed by atoms with Crippen molar-refractivity contribution in [1.82, 2.24) is 5.32 Å². The third-order valence-electron chi connectivity index (χ3n) is 21.2. The summed E-state index contributed by atoms with van der Waals surface area (Å²) in [6, 6.07) is -0.972. The molecule has 102 heavy (non-hydrogen) atoms. The summed E-state index contributed by atoms with van der Waals surface area (Å²) < 4.78 is 34.5. The monoisotopic (exact) mass is 1450 g/mol. The van der Waals surface area contributed by atoms with Crippen molar-refractivity contribution < 1.29 is 89.4 Å². The Morgan fingerprint density at radius 3 is 1.00 bits per heavy atom. The summed E-state index contributed by atoms with van der Waals surface area (Å²) in [6.45, 7) is 1.78. The maximum absolute atomic E-state index is 13.5. The number of hydrogen-bond acceptors (Lipinski definition) is 18. The third kappa shape index (κ3) is 43.3. The van der Waals surface area contributed by atoms with E-state index in [1.165, 1.54) is 276 Å². The van der Waals surface area contributed by atoms with Gasteiger partial charge in [0.05, 0.1) is 38.6 Å². The van der Waals surface area contributed by atoms with Crippen molar-refractivity contribution in [3.8, 4) is 0 Å². The van der Waals surface area contributed by atoms with Crippen LogP contribution in [0, 0.1) is 0 Å². The van der Waals surface area contributed by atoms with Crippen LogP contribution in [-0.4, -0.2) is 193 Å². The van der Waals surface area contributed by atoms with Gasteiger partial charge in [0.1, 0.15) is 73.2 Å². The molecular formula is C83H155NO18. The van der Waals surface area contributed by atoms with Crippen LogP contribution >= 0.6 is 0 Å². The molecule has 0 spiro atoms. The molecule has 17 unspecified atom stereocenters. The first kappa shape index (κ1) is 94.2. The molecule has 12 N–H and O–H groups in total. The molecule has 3 aliphatic rings. The molecule has 0 radical (unpaired) electrons. The van der Waals surface area contributed by atoms with Gasteiger partial charge in [0, 0.05) is 6.42 Å². The zero-order chi connectivity index (χ0) is 73.9. The fourth-order valence-electron chi connectivity index (χ4n) is 14.4. The van der Waals surface area contributed by atoms with E-state index in [2.05, 4.69) is 43.5 Å². The van der Waals surface area contributed by atoms with Crippen LogP contribution in [0.2, 0.25) is 0 Å². The molecule has 0 aromatic carbocycles. The average molecular weight is 1460 g/mol. The minimum absolute atomic E-state index is 0.248. The van der Waals surface area contributed by atoms with Crippen LogP contribution in [0.4, 0.5) is 0 Å². The first-order chi connectivity index (χ1) is 49.8. The van der Waals surface area contributed by atoms with E-state index in [0.29, 0.717) is 6.42 Å². The average Bonchev–Trinajstić information content (AvgIpc) is 0.781. The number of ether oxygens (including phenoxy) is 6. The molecule has 0 aliphatic carbocycles. The number of nitrogens with one attached hydrogen (secondary N) is 1. The third-order valence-corrected chi connectivity index (χ3v) is 21.2. The predicted molar refractivity (Wildman–Crippen MR) is 406 cm³/mol. The summed E-state index contributed by atoms with van der Waals surface area (Å²) in [7, 11) is 0. The fourth-order valence-corrected chi connectivity index (χ4v) is 14.4. The van der Waals surface area contributed by atoms with Gasteiger partial charge in [-0.15, -0.1) is 0 Å². The van der Waals surface area contributed by atoms with E-state index in [9.17, 15) is 61.0 Å². The Hall–Kier alpha value is -1.99. The van der Waals surface area contributed by atoms with Crippen LogP contribution in [0.3, 0.4) is 0 Å². The van der Waals surface area contributed by atoms with Crippen LogP contribution < -0.4 is 5.32 Å². The van der Waals surface area contributed by atoms with Crippen LogP contribution in [-0.2, 0) is 33.2 Å². The standard InChI is InChI=1S/C83H155NO18/c1-3-5-7-9-11-13-15-17-19-21-23-25-27-28-29-30-31-32-33-34-35-36-37-38-39-41-43-45-47-49-51-53-55-57-59-61-71(89)84-66(67(88)60-58-56-54-52-50-48-46-44-42-40-26-24-22-20-18-16-14-12-10-8-6-4-2)65-97-81-77(95)74(92)79(69(63-86)99-81)102-83-78(96)75(93)80(70(64-87)100-83)101-82-76(94)73(91)72(90)68(62-85)98-82/h15,17,21,23,58,60,66-70,72-83,85-88,90-96H,3-14,16,18-20,22,24-57,59,61-65H2,1-2H3,(H,84,89)/b17-15-,23-21-,60-58+. The SMILES string of the molecule is CCCCCCC/C=C\C/C=C\CCCCCCCCCCCCCCCCCCCCCCCCCC(=O)NC(COC1OC(CO)C(OC2OC(CO)C(OC3OC(CO)C(O)C(O)C3O)C(O)C2O)C(O)C1O)C(O)/C=C/CCCCCCCCCCCCCCCCCCCCCC. The summed E-state index contributed by atoms with van der Waals surface area (Å²) in [5.74, 6) is -0.268. The molecule has 0 saturated carbocycles. The molecule has 3 fully saturated rings. The molecule has 3 saturated heterocycles. The van der Waals surface area contributed by atoms with Gasteiger partial charge in [0.25, 0.3) is 0 Å². The molecule has 0 aromatic rings. The van der Waals surface area contributed by atoms with Crippen molar-refractivity contribution in [2.75, 3.05) is 26.4 Å². The Morgan fingerprint density at radius 1 is 0.353 bits per heavy atom. The van der Waals surface area contributed by atoms with Crippen LogP contribution in [0.25, 0.3) is 0 Å². The van der Waals surface area contributed by atoms with Crippen molar-refractivity contribution in [3.63, 3.8) is 0 Å². The first-order valence-electron chi connectivity index (χ1n) is 42.2. The molecule has 3 rings (SSSR count). The summed E-state index contributed by atoms with van der Waals surface area (Å²) in [6.07, 6.45) is 52.8. The van der Waals surface area contributed by atoms with Crippen molar-refractivity contribution in [1.29, 1.82) is 0 Å². The van der Waals surface area contributed by atoms with E-state index >= 15 is 0 Å². The largest absolute Gasteiger partial charge is 0.394 e. The lowest BCUT2D eigenvalue weighted by molar-refractivity contribution is -0.379. The number of amides is 1. The van der Waals surface area contributed by atoms with Gasteiger partial charge < -0.3 is 89.9 Å². The molecular weight excluding hydrogens is 1300 g/mol. The van der Waals surface area contributed by atoms with Crippen LogP contribution in [0.5, 0.6) is 0 Å². The smallest absolute Gasteiger partial charge is 0.220 e. The number of allylic oxidation sites excluding steroid dienone is 5. The highest BCUT2D eigenvalue weighted by Gasteiger charge is 2.54. The lowest BCUT2D eigenvalue weighted by Gasteiger charge is -2.48. The number of aliphatic hydroxyl groups is 11. The van der Waals surface area contributed by atoms with Crippen molar-refractivity contribution in [2.24, 2.45) is 0 Å². The van der Waals surface area contributed by atoms with Gasteiger partial charge in [-0.05, 0) is 51.4 Å². The second-order valence-electron chi connectivity index (χ2n) is 30.3. The van der Waals surface area contributed by atoms with Crippen LogP contribution in [0.15, 0.2) is 36.5 Å². The molecule has 19 heteroatoms. The molecule has 17 atom stereocenters. The number of aliphatic hydroxyl groups excluding tert-OH is 11. The number of rotatable bonds is 68. The lowest BCUT2D eigenvalue weighted by Crippen LogP contribution is -2.66. The van der Waals surface area contributed by atoms with Gasteiger partial charge in [-0.1, -0.05) is 333 Å². The van der Waals surface area contributed by atoms with Crippen molar-refractivity contribution in [3.05, 3.63) is 36.5 Å². The quantitative estimate of drug-likeness (QED) is 0.0199. The number of unbranched alkanes of at least 4 members (excludes halogenated alkanes) is 48. The molecule has 3 aliphatic heterocycles. The maximum atomic E-state index is 13.5. The van der Waals surface area contributed by atoms with Crippen molar-refractivity contribution >= 4 is 5.91 Å². The summed E-state index contributed by atoms with van der Waals surface area (Å²) in [4.78, 5) is 13.5. The van der Waals surface area contributed by atoms with Gasteiger partial charge in [-0.3, -0.25) is 4.79 Å². The zero-order valence-electron chi connectivity index (χ0n) is 64.4. The second kappa shape index (κ2) is 63.9. The second-order valence-corrected chi connectivity index (χ2v) is 30.3. The van der Waals surface area contributed by atoms with Gasteiger partial charge in [-0.2, -0.15) is 0 Å². The van der Waals surface area contributed by atoms with E-state index in [-0.39, 0.29) is 18.9 Å². The molecule has 19 nitrogen and oxygen atoms in total. The first-order valence-corrected chi connectivity index (χ1v) is 42.2. The Kier molecular flexibility index (Phi) is 59.0. The van der Waals surface area contributed by atoms with Gasteiger partial charge in [0.15, 0.2) is 18.9 Å². The van der Waals surface area contributed by atoms with E-state index in [0.717, 1.165) is 51.4 Å². The highest BCUT2D eigenvalue weighted by atomic mass is 16.8. The Morgan fingerprint density at radius 2 is 0.647 bits per heavy atom. The van der Waals surface area contributed by atoms with Gasteiger partial charge in [0.2, 0.25) is 5.91 Å². The highest BCUT2D eigenvalue weighted by Crippen LogP contribution is 2.33. The van der Waals surface area contributed by atoms with Crippen LogP contribution in [0.1, 0.15) is 354 Å². The molecule has 0 aromatic heterocycles. The number of hydrogen-bond donors (Lipinski definition) is 12. The van der Waals surface area contributed by atoms with Gasteiger partial charge >= 0.3 is 0 Å². The Bertz CT molecular complexity index is 1980. The number of carbonyl (C=O) groups is 1. The minimum Gasteiger partial charge on any atom is -0.394 e. The summed E-state index contributed by atoms with van der Waals surface area (Å²) in [5.41, 5.74) is 0. The summed E-state index contributed by atoms with van der Waals surface area (Å²) in [5, 5.41) is 121. The maximum Gasteiger partial charge on any atom is 0.220 e. The fraction of sp³-hybridized carbons (Fsp3) is 0.916. The van der Waals surface area contributed by atoms with Gasteiger partial charge in [-0.25, -0.2) is 0 Å². The lowest BCUT2D eigenvalue weighted by atomic mass is 9.96. The molecule has 3 heterocycles. The topological polar surface area (TPSA) is 307 Å². The molecule has 600 valence electrons. The Balaban J connectivity index is 1.33. The molecule has 0 bridgehead atoms. The van der Waals surface area contributed by atoms with Crippen molar-refractivity contribution in [2.45, 2.75) is 458 Å². The predicted octanol–water partition coefficient (Wildman–Crippen LogP) is 14.7. The van der Waals surface area contributed by atoms with E-state index < -0.39 is 124 Å². The number of carbonyl (C=O) groups excluding carboxylic acids is 1. The Labute approximate surface area is 619 Å². The normalized spacial score (nSPS) is 26.3. The summed E-state index contributed by atoms with van der Waals surface area (Å²) >= 11 is 0. The minimum atomic E-state index is -1.98. The highest BCUT2D eigenvalue weighted by molar-refractivity contribution is 5.76.